The molecule has 0 aliphatic rings. The minimum Gasteiger partial charge on any atom is -0.289 e. The highest BCUT2D eigenvalue weighted by molar-refractivity contribution is 6.09. The standard InChI is InChI=1S/C22H28O/c1-5-6-7-8-17-9-11-18(12-10-17)21(23)19-13-15-20(16-14-19)22(2,3)4/h9-16H,5-8H2,1-4H3. The Kier molecular flexibility index (Phi) is 5.76. The number of ketones is 1. The molecule has 0 unspecified atom stereocenters. The molecule has 0 bridgehead atoms. The van der Waals surface area contributed by atoms with Crippen LogP contribution in [0.5, 0.6) is 0 Å². The van der Waals surface area contributed by atoms with Crippen molar-refractivity contribution in [1.82, 2.24) is 0 Å². The Morgan fingerprint density at radius 2 is 1.35 bits per heavy atom. The van der Waals surface area contributed by atoms with Crippen molar-refractivity contribution in [2.24, 2.45) is 0 Å². The highest BCUT2D eigenvalue weighted by Gasteiger charge is 2.15. The van der Waals surface area contributed by atoms with E-state index in [9.17, 15) is 4.79 Å². The lowest BCUT2D eigenvalue weighted by molar-refractivity contribution is 0.103. The summed E-state index contributed by atoms with van der Waals surface area (Å²) in [4.78, 5) is 12.6. The second-order valence-electron chi connectivity index (χ2n) is 7.31. The zero-order chi connectivity index (χ0) is 16.9. The number of rotatable bonds is 6. The average Bonchev–Trinajstić information content (AvgIpc) is 2.54. The zero-order valence-electron chi connectivity index (χ0n) is 14.9. The summed E-state index contributed by atoms with van der Waals surface area (Å²) in [5.41, 5.74) is 4.21. The fraction of sp³-hybridized carbons (Fsp3) is 0.409. The fourth-order valence-corrected chi connectivity index (χ4v) is 2.69. The van der Waals surface area contributed by atoms with Gasteiger partial charge in [0.2, 0.25) is 0 Å². The van der Waals surface area contributed by atoms with E-state index in [0.29, 0.717) is 0 Å². The largest absolute Gasteiger partial charge is 0.289 e. The summed E-state index contributed by atoms with van der Waals surface area (Å²) >= 11 is 0. The van der Waals surface area contributed by atoms with Gasteiger partial charge in [-0.2, -0.15) is 0 Å². The third-order valence-corrected chi connectivity index (χ3v) is 4.30. The van der Waals surface area contributed by atoms with Crippen LogP contribution in [0.2, 0.25) is 0 Å². The minimum absolute atomic E-state index is 0.102. The maximum atomic E-state index is 12.6. The van der Waals surface area contributed by atoms with Gasteiger partial charge in [-0.25, -0.2) is 0 Å². The normalized spacial score (nSPS) is 11.5. The molecule has 0 saturated carbocycles. The number of carbonyl (C=O) groups excluding carboxylic acids is 1. The second-order valence-corrected chi connectivity index (χ2v) is 7.31. The smallest absolute Gasteiger partial charge is 0.193 e. The van der Waals surface area contributed by atoms with Crippen LogP contribution in [-0.4, -0.2) is 5.78 Å². The Morgan fingerprint density at radius 1 is 0.826 bits per heavy atom. The first kappa shape index (κ1) is 17.5. The number of unbranched alkanes of at least 4 members (excludes halogenated alkanes) is 2. The van der Waals surface area contributed by atoms with Crippen molar-refractivity contribution in [2.75, 3.05) is 0 Å². The number of carbonyl (C=O) groups is 1. The van der Waals surface area contributed by atoms with Gasteiger partial charge in [-0.15, -0.1) is 0 Å². The molecule has 1 nitrogen and oxygen atoms in total. The Bertz CT molecular complexity index is 627. The predicted octanol–water partition coefficient (Wildman–Crippen LogP) is 5.95. The fourth-order valence-electron chi connectivity index (χ4n) is 2.69. The van der Waals surface area contributed by atoms with E-state index in [-0.39, 0.29) is 11.2 Å². The molecule has 0 amide bonds. The quantitative estimate of drug-likeness (QED) is 0.476. The van der Waals surface area contributed by atoms with Gasteiger partial charge in [-0.1, -0.05) is 89.1 Å². The molecule has 2 aromatic rings. The van der Waals surface area contributed by atoms with Crippen LogP contribution in [0.25, 0.3) is 0 Å². The molecule has 0 N–H and O–H groups in total. The summed E-state index contributed by atoms with van der Waals surface area (Å²) in [6.45, 7) is 8.76. The predicted molar refractivity (Wildman–Crippen MR) is 98.2 cm³/mol. The molecule has 0 aliphatic carbocycles. The zero-order valence-corrected chi connectivity index (χ0v) is 14.9. The summed E-state index contributed by atoms with van der Waals surface area (Å²) in [5, 5.41) is 0. The van der Waals surface area contributed by atoms with E-state index in [4.69, 9.17) is 0 Å². The summed E-state index contributed by atoms with van der Waals surface area (Å²) in [6, 6.07) is 16.1. The summed E-state index contributed by atoms with van der Waals surface area (Å²) in [5.74, 6) is 0.102. The van der Waals surface area contributed by atoms with E-state index in [1.165, 1.54) is 30.4 Å². The van der Waals surface area contributed by atoms with Gasteiger partial charge in [-0.05, 0) is 29.4 Å². The first-order valence-corrected chi connectivity index (χ1v) is 8.66. The van der Waals surface area contributed by atoms with Crippen LogP contribution in [-0.2, 0) is 11.8 Å². The van der Waals surface area contributed by atoms with E-state index in [0.717, 1.165) is 17.5 Å². The van der Waals surface area contributed by atoms with Gasteiger partial charge in [-0.3, -0.25) is 4.79 Å². The second kappa shape index (κ2) is 7.59. The molecule has 0 radical (unpaired) electrons. The van der Waals surface area contributed by atoms with Crippen LogP contribution in [0.3, 0.4) is 0 Å². The van der Waals surface area contributed by atoms with E-state index >= 15 is 0 Å². The van der Waals surface area contributed by atoms with Crippen LogP contribution < -0.4 is 0 Å². The van der Waals surface area contributed by atoms with Gasteiger partial charge < -0.3 is 0 Å². The van der Waals surface area contributed by atoms with Crippen LogP contribution >= 0.6 is 0 Å². The average molecular weight is 308 g/mol. The highest BCUT2D eigenvalue weighted by atomic mass is 16.1. The summed E-state index contributed by atoms with van der Waals surface area (Å²) in [6.07, 6.45) is 4.82. The molecule has 0 aromatic heterocycles. The number of aryl methyl sites for hydroxylation is 1. The van der Waals surface area contributed by atoms with E-state index < -0.39 is 0 Å². The Balaban J connectivity index is 2.08. The van der Waals surface area contributed by atoms with Crippen molar-refractivity contribution in [3.63, 3.8) is 0 Å². The SMILES string of the molecule is CCCCCc1ccc(C(=O)c2ccc(C(C)(C)C)cc2)cc1. The van der Waals surface area contributed by atoms with Crippen molar-refractivity contribution in [1.29, 1.82) is 0 Å². The molecule has 0 saturated heterocycles. The maximum Gasteiger partial charge on any atom is 0.193 e. The number of hydrogen-bond acceptors (Lipinski definition) is 1. The van der Waals surface area contributed by atoms with E-state index in [2.05, 4.69) is 52.0 Å². The number of benzene rings is 2. The van der Waals surface area contributed by atoms with Crippen molar-refractivity contribution in [2.45, 2.75) is 58.8 Å². The van der Waals surface area contributed by atoms with E-state index in [1.807, 2.05) is 24.3 Å². The molecule has 1 heteroatoms. The first-order chi connectivity index (χ1) is 10.9. The van der Waals surface area contributed by atoms with Crippen molar-refractivity contribution >= 4 is 5.78 Å². The third kappa shape index (κ3) is 4.79. The van der Waals surface area contributed by atoms with Gasteiger partial charge >= 0.3 is 0 Å². The lowest BCUT2D eigenvalue weighted by Gasteiger charge is -2.19. The molecule has 0 spiro atoms. The highest BCUT2D eigenvalue weighted by Crippen LogP contribution is 2.23. The van der Waals surface area contributed by atoms with Gasteiger partial charge in [0.25, 0.3) is 0 Å². The van der Waals surface area contributed by atoms with Crippen LogP contribution in [0.15, 0.2) is 48.5 Å². The summed E-state index contributed by atoms with van der Waals surface area (Å²) < 4.78 is 0. The van der Waals surface area contributed by atoms with Gasteiger partial charge in [0.05, 0.1) is 0 Å². The molecular weight excluding hydrogens is 280 g/mol. The van der Waals surface area contributed by atoms with E-state index in [1.54, 1.807) is 0 Å². The third-order valence-electron chi connectivity index (χ3n) is 4.30. The first-order valence-electron chi connectivity index (χ1n) is 8.66. The Hall–Kier alpha value is -1.89. The lowest BCUT2D eigenvalue weighted by atomic mass is 9.86. The molecule has 23 heavy (non-hydrogen) atoms. The Morgan fingerprint density at radius 3 is 1.83 bits per heavy atom. The number of hydrogen-bond donors (Lipinski definition) is 0. The summed E-state index contributed by atoms with van der Waals surface area (Å²) in [7, 11) is 0. The molecule has 122 valence electrons. The van der Waals surface area contributed by atoms with Crippen LogP contribution in [0.1, 0.15) is 74.0 Å². The topological polar surface area (TPSA) is 17.1 Å². The molecule has 0 heterocycles. The molecular formula is C22H28O. The maximum absolute atomic E-state index is 12.6. The van der Waals surface area contributed by atoms with Gasteiger partial charge in [0, 0.05) is 11.1 Å². The monoisotopic (exact) mass is 308 g/mol. The Labute approximate surface area is 140 Å². The van der Waals surface area contributed by atoms with Crippen molar-refractivity contribution in [3.8, 4) is 0 Å². The van der Waals surface area contributed by atoms with Crippen LogP contribution in [0.4, 0.5) is 0 Å². The van der Waals surface area contributed by atoms with Gasteiger partial charge in [0.15, 0.2) is 5.78 Å². The van der Waals surface area contributed by atoms with Crippen LogP contribution in [0, 0.1) is 0 Å². The lowest BCUT2D eigenvalue weighted by Crippen LogP contribution is -2.11. The minimum atomic E-state index is 0.102. The van der Waals surface area contributed by atoms with Crippen molar-refractivity contribution < 1.29 is 4.79 Å². The molecule has 0 atom stereocenters. The molecule has 2 rings (SSSR count). The molecule has 0 aliphatic heterocycles. The molecule has 0 fully saturated rings. The van der Waals surface area contributed by atoms with Crippen molar-refractivity contribution in [3.05, 3.63) is 70.8 Å². The van der Waals surface area contributed by atoms with Gasteiger partial charge in [0.1, 0.15) is 0 Å². The molecule has 2 aromatic carbocycles.